The lowest BCUT2D eigenvalue weighted by atomic mass is 10.1. The van der Waals surface area contributed by atoms with Crippen molar-refractivity contribution in [1.82, 2.24) is 25.0 Å². The van der Waals surface area contributed by atoms with Crippen molar-refractivity contribution in [2.24, 2.45) is 0 Å². The van der Waals surface area contributed by atoms with Gasteiger partial charge in [0.15, 0.2) is 0 Å². The molecule has 184 valence electrons. The van der Waals surface area contributed by atoms with Crippen LogP contribution in [-0.4, -0.2) is 77.8 Å². The molecule has 1 aliphatic rings. The number of pyridine rings is 1. The number of piperazine rings is 1. The van der Waals surface area contributed by atoms with Crippen molar-refractivity contribution < 1.29 is 13.9 Å². The highest BCUT2D eigenvalue weighted by Crippen LogP contribution is 2.31. The van der Waals surface area contributed by atoms with Crippen LogP contribution in [0.15, 0.2) is 42.6 Å². The Kier molecular flexibility index (Phi) is 8.06. The van der Waals surface area contributed by atoms with Gasteiger partial charge in [0.05, 0.1) is 12.8 Å². The quantitative estimate of drug-likeness (QED) is 0.485. The van der Waals surface area contributed by atoms with Gasteiger partial charge in [-0.05, 0) is 37.4 Å². The second kappa shape index (κ2) is 11.4. The van der Waals surface area contributed by atoms with Gasteiger partial charge in [-0.15, -0.1) is 10.2 Å². The van der Waals surface area contributed by atoms with Crippen LogP contribution in [0.2, 0.25) is 5.02 Å². The van der Waals surface area contributed by atoms with Crippen LogP contribution >= 0.6 is 11.6 Å². The standard InChI is InChI=1S/C24H27ClFN7O2/c1-32-9-11-33(12-10-32)8-6-23(34)29-22-14-17(5-7-27-22)28-21-15-20(30-31-24(21)35-2)18-13-16(25)3-4-19(18)26/h3-5,7,13-15H,6,8-12H2,1-2H3,(H2,27,28,29,30,34). The first-order valence-electron chi connectivity index (χ1n) is 11.2. The summed E-state index contributed by atoms with van der Waals surface area (Å²) in [7, 11) is 3.57. The van der Waals surface area contributed by atoms with E-state index >= 15 is 0 Å². The molecule has 4 rings (SSSR count). The summed E-state index contributed by atoms with van der Waals surface area (Å²) in [4.78, 5) is 21.3. The Labute approximate surface area is 208 Å². The number of carbonyl (C=O) groups is 1. The molecular weight excluding hydrogens is 473 g/mol. The van der Waals surface area contributed by atoms with Gasteiger partial charge in [0.25, 0.3) is 5.88 Å². The Morgan fingerprint density at radius 1 is 1.14 bits per heavy atom. The van der Waals surface area contributed by atoms with E-state index in [0.717, 1.165) is 26.2 Å². The molecule has 11 heteroatoms. The third-order valence-corrected chi connectivity index (χ3v) is 5.95. The molecule has 0 atom stereocenters. The number of amides is 1. The minimum atomic E-state index is -0.467. The Morgan fingerprint density at radius 3 is 2.71 bits per heavy atom. The monoisotopic (exact) mass is 499 g/mol. The van der Waals surface area contributed by atoms with Crippen LogP contribution in [0.5, 0.6) is 5.88 Å². The van der Waals surface area contributed by atoms with Crippen molar-refractivity contribution in [3.05, 3.63) is 53.4 Å². The van der Waals surface area contributed by atoms with Crippen LogP contribution in [0.25, 0.3) is 11.3 Å². The fraction of sp³-hybridized carbons (Fsp3) is 0.333. The Balaban J connectivity index is 1.44. The average Bonchev–Trinajstić information content (AvgIpc) is 2.85. The van der Waals surface area contributed by atoms with Gasteiger partial charge in [0, 0.05) is 67.7 Å². The topological polar surface area (TPSA) is 95.5 Å². The SMILES string of the molecule is COc1nnc(-c2cc(Cl)ccc2F)cc1Nc1ccnc(NC(=O)CCN2CCN(C)CC2)c1. The van der Waals surface area contributed by atoms with Crippen LogP contribution in [0.1, 0.15) is 6.42 Å². The van der Waals surface area contributed by atoms with Crippen molar-refractivity contribution in [1.29, 1.82) is 0 Å². The highest BCUT2D eigenvalue weighted by molar-refractivity contribution is 6.30. The van der Waals surface area contributed by atoms with Crippen LogP contribution in [0, 0.1) is 5.82 Å². The number of benzene rings is 1. The van der Waals surface area contributed by atoms with Crippen molar-refractivity contribution in [2.75, 3.05) is 57.5 Å². The minimum Gasteiger partial charge on any atom is -0.478 e. The van der Waals surface area contributed by atoms with E-state index in [1.807, 2.05) is 0 Å². The Hall–Kier alpha value is -3.34. The maximum absolute atomic E-state index is 14.3. The van der Waals surface area contributed by atoms with E-state index < -0.39 is 5.82 Å². The number of hydrogen-bond donors (Lipinski definition) is 2. The molecule has 1 aromatic carbocycles. The first-order chi connectivity index (χ1) is 16.9. The number of nitrogens with one attached hydrogen (secondary N) is 2. The molecule has 35 heavy (non-hydrogen) atoms. The zero-order valence-electron chi connectivity index (χ0n) is 19.6. The number of aromatic nitrogens is 3. The number of carbonyl (C=O) groups excluding carboxylic acids is 1. The van der Waals surface area contributed by atoms with Crippen molar-refractivity contribution >= 4 is 34.7 Å². The molecule has 3 aromatic rings. The minimum absolute atomic E-state index is 0.101. The molecule has 0 unspecified atom stereocenters. The third kappa shape index (κ3) is 6.62. The maximum Gasteiger partial charge on any atom is 0.257 e. The lowest BCUT2D eigenvalue weighted by Gasteiger charge is -2.32. The molecule has 0 saturated carbocycles. The van der Waals surface area contributed by atoms with Gasteiger partial charge in [0.1, 0.15) is 17.3 Å². The molecule has 2 N–H and O–H groups in total. The third-order valence-electron chi connectivity index (χ3n) is 5.72. The zero-order valence-corrected chi connectivity index (χ0v) is 20.3. The molecule has 0 aliphatic carbocycles. The van der Waals surface area contributed by atoms with Crippen LogP contribution in [-0.2, 0) is 4.79 Å². The summed E-state index contributed by atoms with van der Waals surface area (Å²) < 4.78 is 19.6. The second-order valence-corrected chi connectivity index (χ2v) is 8.71. The van der Waals surface area contributed by atoms with Gasteiger partial charge in [0.2, 0.25) is 5.91 Å². The van der Waals surface area contributed by atoms with E-state index in [0.29, 0.717) is 40.9 Å². The largest absolute Gasteiger partial charge is 0.478 e. The first-order valence-corrected chi connectivity index (χ1v) is 11.6. The average molecular weight is 500 g/mol. The number of anilines is 3. The van der Waals surface area contributed by atoms with Gasteiger partial charge in [-0.3, -0.25) is 4.79 Å². The number of methoxy groups -OCH3 is 1. The van der Waals surface area contributed by atoms with Gasteiger partial charge >= 0.3 is 0 Å². The molecule has 0 bridgehead atoms. The highest BCUT2D eigenvalue weighted by Gasteiger charge is 2.16. The predicted octanol–water partition coefficient (Wildman–Crippen LogP) is 3.66. The molecule has 1 aliphatic heterocycles. The van der Waals surface area contributed by atoms with E-state index in [1.54, 1.807) is 24.4 Å². The second-order valence-electron chi connectivity index (χ2n) is 8.27. The molecule has 1 fully saturated rings. The molecule has 1 amide bonds. The van der Waals surface area contributed by atoms with Crippen molar-refractivity contribution in [3.63, 3.8) is 0 Å². The van der Waals surface area contributed by atoms with E-state index in [4.69, 9.17) is 16.3 Å². The van der Waals surface area contributed by atoms with Gasteiger partial charge < -0.3 is 25.2 Å². The van der Waals surface area contributed by atoms with E-state index in [1.165, 1.54) is 25.3 Å². The number of halogens is 2. The smallest absolute Gasteiger partial charge is 0.257 e. The van der Waals surface area contributed by atoms with E-state index in [2.05, 4.69) is 42.7 Å². The number of hydrogen-bond acceptors (Lipinski definition) is 8. The maximum atomic E-state index is 14.3. The summed E-state index contributed by atoms with van der Waals surface area (Å²) in [5.41, 5.74) is 1.62. The normalized spacial score (nSPS) is 14.5. The number of ether oxygens (including phenoxy) is 1. The highest BCUT2D eigenvalue weighted by atomic mass is 35.5. The molecule has 0 radical (unpaired) electrons. The lowest BCUT2D eigenvalue weighted by molar-refractivity contribution is -0.116. The van der Waals surface area contributed by atoms with Gasteiger partial charge in [-0.1, -0.05) is 11.6 Å². The van der Waals surface area contributed by atoms with Crippen LogP contribution < -0.4 is 15.4 Å². The summed E-state index contributed by atoms with van der Waals surface area (Å²) >= 11 is 6.02. The van der Waals surface area contributed by atoms with Gasteiger partial charge in [-0.25, -0.2) is 9.37 Å². The van der Waals surface area contributed by atoms with Crippen molar-refractivity contribution in [2.45, 2.75) is 6.42 Å². The molecular formula is C24H27ClFN7O2. The lowest BCUT2D eigenvalue weighted by Crippen LogP contribution is -2.45. The molecule has 2 aromatic heterocycles. The Bertz CT molecular complexity index is 1190. The van der Waals surface area contributed by atoms with Gasteiger partial charge in [-0.2, -0.15) is 0 Å². The summed E-state index contributed by atoms with van der Waals surface area (Å²) in [6, 6.07) is 9.29. The molecule has 3 heterocycles. The summed E-state index contributed by atoms with van der Waals surface area (Å²) in [6.45, 7) is 4.65. The zero-order chi connectivity index (χ0) is 24.8. The summed E-state index contributed by atoms with van der Waals surface area (Å²) in [5, 5.41) is 14.5. The number of nitrogens with zero attached hydrogens (tertiary/aromatic N) is 5. The van der Waals surface area contributed by atoms with Crippen molar-refractivity contribution in [3.8, 4) is 17.1 Å². The predicted molar refractivity (Wildman–Crippen MR) is 134 cm³/mol. The van der Waals surface area contributed by atoms with E-state index in [9.17, 15) is 9.18 Å². The molecule has 1 saturated heterocycles. The first kappa shape index (κ1) is 24.8. The summed E-state index contributed by atoms with van der Waals surface area (Å²) in [6.07, 6.45) is 1.97. The summed E-state index contributed by atoms with van der Waals surface area (Å²) in [5.74, 6) is 0.0759. The van der Waals surface area contributed by atoms with Crippen LogP contribution in [0.4, 0.5) is 21.6 Å². The fourth-order valence-electron chi connectivity index (χ4n) is 3.71. The van der Waals surface area contributed by atoms with E-state index in [-0.39, 0.29) is 17.4 Å². The fourth-order valence-corrected chi connectivity index (χ4v) is 3.89. The number of likely N-dealkylation sites (N-methyl/N-ethyl adjacent to an activating group) is 1. The van der Waals surface area contributed by atoms with Crippen LogP contribution in [0.3, 0.4) is 0 Å². The molecule has 0 spiro atoms. The number of rotatable bonds is 8. The molecule has 9 nitrogen and oxygen atoms in total. The Morgan fingerprint density at radius 2 is 1.94 bits per heavy atom.